The molecule has 2 aromatic rings. The van der Waals surface area contributed by atoms with Gasteiger partial charge in [0.1, 0.15) is 11.4 Å². The molecule has 4 rings (SSSR count). The van der Waals surface area contributed by atoms with Crippen molar-refractivity contribution in [2.75, 3.05) is 6.79 Å². The van der Waals surface area contributed by atoms with Crippen LogP contribution in [0.1, 0.15) is 50.7 Å². The zero-order valence-electron chi connectivity index (χ0n) is 18.5. The fourth-order valence-electron chi connectivity index (χ4n) is 4.67. The first-order valence-electron chi connectivity index (χ1n) is 11.1. The van der Waals surface area contributed by atoms with Crippen LogP contribution in [0, 0.1) is 0 Å². The van der Waals surface area contributed by atoms with E-state index >= 15 is 0 Å². The van der Waals surface area contributed by atoms with Crippen molar-refractivity contribution in [2.24, 2.45) is 0 Å². The number of carboxylic acids is 1. The van der Waals surface area contributed by atoms with Crippen LogP contribution in [0.4, 0.5) is 0 Å². The molecule has 0 radical (unpaired) electrons. The summed E-state index contributed by atoms with van der Waals surface area (Å²) in [6, 6.07) is 13.7. The summed E-state index contributed by atoms with van der Waals surface area (Å²) >= 11 is 6.56. The lowest BCUT2D eigenvalue weighted by Crippen LogP contribution is -2.52. The lowest BCUT2D eigenvalue weighted by atomic mass is 9.98. The van der Waals surface area contributed by atoms with Crippen molar-refractivity contribution in [1.82, 2.24) is 10.2 Å². The number of nitrogens with zero attached hydrogens (tertiary/aromatic N) is 1. The largest absolute Gasteiger partial charge is 0.477 e. The molecule has 7 heteroatoms. The fraction of sp³-hybridized carbons (Fsp3) is 0.400. The van der Waals surface area contributed by atoms with Crippen LogP contribution in [0.3, 0.4) is 0 Å². The zero-order chi connectivity index (χ0) is 22.7. The molecular weight excluding hydrogens is 428 g/mol. The lowest BCUT2D eigenvalue weighted by Gasteiger charge is -2.40. The molecule has 0 aromatic heterocycles. The Balaban J connectivity index is 1.69. The average molecular weight is 457 g/mol. The van der Waals surface area contributed by atoms with Gasteiger partial charge < -0.3 is 24.8 Å². The molecule has 170 valence electrons. The molecule has 1 unspecified atom stereocenters. The van der Waals surface area contributed by atoms with E-state index in [-0.39, 0.29) is 6.79 Å². The molecule has 32 heavy (non-hydrogen) atoms. The van der Waals surface area contributed by atoms with Gasteiger partial charge in [0.2, 0.25) is 6.79 Å². The van der Waals surface area contributed by atoms with Gasteiger partial charge in [0.15, 0.2) is 11.5 Å². The number of aliphatic carboxylic acids is 1. The second kappa shape index (κ2) is 9.33. The first kappa shape index (κ1) is 22.3. The summed E-state index contributed by atoms with van der Waals surface area (Å²) in [4.78, 5) is 14.5. The maximum atomic E-state index is 12.5. The number of halogens is 1. The number of allylic oxidation sites excluding steroid dienone is 1. The number of benzene rings is 2. The molecule has 0 bridgehead atoms. The van der Waals surface area contributed by atoms with Crippen molar-refractivity contribution in [2.45, 2.75) is 58.2 Å². The number of aryl methyl sites for hydroxylation is 1. The molecule has 1 atom stereocenters. The van der Waals surface area contributed by atoms with Gasteiger partial charge in [0, 0.05) is 23.3 Å². The molecule has 0 spiro atoms. The van der Waals surface area contributed by atoms with E-state index in [9.17, 15) is 9.90 Å². The number of nitrogens with one attached hydrogen (secondary N) is 1. The Morgan fingerprint density at radius 3 is 2.53 bits per heavy atom. The van der Waals surface area contributed by atoms with Gasteiger partial charge in [0.05, 0.1) is 0 Å². The van der Waals surface area contributed by atoms with Crippen LogP contribution >= 0.6 is 11.6 Å². The molecule has 2 aliphatic heterocycles. The van der Waals surface area contributed by atoms with Crippen LogP contribution in [0.2, 0.25) is 5.02 Å². The first-order chi connectivity index (χ1) is 15.5. The SMILES string of the molecule is CCCC1(CC)NC(CCc2ccccc2)=C(C(=O)O)N1Cc1cc2c(cc1Cl)OCO2. The molecule has 6 nitrogen and oxygen atoms in total. The number of carboxylic acid groups (broad SMARTS) is 1. The van der Waals surface area contributed by atoms with Crippen LogP contribution in [-0.2, 0) is 17.8 Å². The highest BCUT2D eigenvalue weighted by Gasteiger charge is 2.45. The minimum absolute atomic E-state index is 0.166. The average Bonchev–Trinajstić information content (AvgIpc) is 3.36. The van der Waals surface area contributed by atoms with E-state index in [1.807, 2.05) is 29.2 Å². The maximum absolute atomic E-state index is 12.5. The topological polar surface area (TPSA) is 71.0 Å². The number of hydrogen-bond donors (Lipinski definition) is 2. The van der Waals surface area contributed by atoms with E-state index in [1.165, 1.54) is 5.56 Å². The summed E-state index contributed by atoms with van der Waals surface area (Å²) < 4.78 is 10.9. The maximum Gasteiger partial charge on any atom is 0.354 e. The summed E-state index contributed by atoms with van der Waals surface area (Å²) in [6.45, 7) is 4.75. The van der Waals surface area contributed by atoms with Crippen LogP contribution in [-0.4, -0.2) is 28.4 Å². The van der Waals surface area contributed by atoms with Gasteiger partial charge in [-0.2, -0.15) is 0 Å². The summed E-state index contributed by atoms with van der Waals surface area (Å²) in [5.41, 5.74) is 2.61. The number of fused-ring (bicyclic) bond motifs is 1. The Labute approximate surface area is 193 Å². The molecule has 0 saturated heterocycles. The minimum atomic E-state index is -0.927. The Morgan fingerprint density at radius 1 is 1.16 bits per heavy atom. The highest BCUT2D eigenvalue weighted by Crippen LogP contribution is 2.41. The van der Waals surface area contributed by atoms with Gasteiger partial charge in [0.25, 0.3) is 0 Å². The van der Waals surface area contributed by atoms with E-state index in [1.54, 1.807) is 6.07 Å². The van der Waals surface area contributed by atoms with Gasteiger partial charge in [-0.1, -0.05) is 62.2 Å². The van der Waals surface area contributed by atoms with Crippen molar-refractivity contribution >= 4 is 17.6 Å². The molecule has 0 fully saturated rings. The second-order valence-corrected chi connectivity index (χ2v) is 8.67. The molecule has 0 saturated carbocycles. The van der Waals surface area contributed by atoms with Gasteiger partial charge in [-0.3, -0.25) is 0 Å². The lowest BCUT2D eigenvalue weighted by molar-refractivity contribution is -0.135. The highest BCUT2D eigenvalue weighted by molar-refractivity contribution is 6.31. The number of rotatable bonds is 9. The normalized spacial score (nSPS) is 19.4. The smallest absolute Gasteiger partial charge is 0.354 e. The predicted molar refractivity (Wildman–Crippen MR) is 124 cm³/mol. The zero-order valence-corrected chi connectivity index (χ0v) is 19.2. The Bertz CT molecular complexity index is 1020. The summed E-state index contributed by atoms with van der Waals surface area (Å²) in [5.74, 6) is 0.328. The van der Waals surface area contributed by atoms with Crippen LogP contribution in [0.15, 0.2) is 53.9 Å². The predicted octanol–water partition coefficient (Wildman–Crippen LogP) is 5.31. The van der Waals surface area contributed by atoms with Crippen molar-refractivity contribution < 1.29 is 19.4 Å². The standard InChI is InChI=1S/C25H29ClN2O4/c1-3-12-25(4-2)27-20(11-10-17-8-6-5-7-9-17)23(24(29)30)28(25)15-18-13-21-22(14-19(18)26)32-16-31-21/h5-9,13-14,27H,3-4,10-12,15-16H2,1-2H3,(H,29,30). The Kier molecular flexibility index (Phi) is 6.51. The Hall–Kier alpha value is -2.86. The quantitative estimate of drug-likeness (QED) is 0.533. The fourth-order valence-corrected chi connectivity index (χ4v) is 4.89. The van der Waals surface area contributed by atoms with Crippen LogP contribution < -0.4 is 14.8 Å². The molecular formula is C25H29ClN2O4. The highest BCUT2D eigenvalue weighted by atomic mass is 35.5. The Morgan fingerprint density at radius 2 is 1.88 bits per heavy atom. The molecule has 0 amide bonds. The van der Waals surface area contributed by atoms with E-state index in [2.05, 4.69) is 31.3 Å². The molecule has 2 heterocycles. The van der Waals surface area contributed by atoms with Crippen molar-refractivity contribution in [3.8, 4) is 11.5 Å². The molecule has 2 aliphatic rings. The third kappa shape index (κ3) is 4.24. The monoisotopic (exact) mass is 456 g/mol. The van der Waals surface area contributed by atoms with Gasteiger partial charge >= 0.3 is 5.97 Å². The van der Waals surface area contributed by atoms with E-state index in [0.717, 1.165) is 36.9 Å². The summed E-state index contributed by atoms with van der Waals surface area (Å²) in [6.07, 6.45) is 3.89. The van der Waals surface area contributed by atoms with Crippen molar-refractivity contribution in [1.29, 1.82) is 0 Å². The van der Waals surface area contributed by atoms with Gasteiger partial charge in [-0.25, -0.2) is 4.79 Å². The van der Waals surface area contributed by atoms with Gasteiger partial charge in [-0.15, -0.1) is 0 Å². The first-order valence-corrected chi connectivity index (χ1v) is 11.5. The number of hydrogen-bond acceptors (Lipinski definition) is 5. The number of ether oxygens (including phenoxy) is 2. The molecule has 2 N–H and O–H groups in total. The molecule has 2 aromatic carbocycles. The van der Waals surface area contributed by atoms with Gasteiger partial charge in [-0.05, 0) is 42.9 Å². The second-order valence-electron chi connectivity index (χ2n) is 8.26. The summed E-state index contributed by atoms with van der Waals surface area (Å²) in [5, 5.41) is 14.4. The third-order valence-electron chi connectivity index (χ3n) is 6.28. The number of carbonyl (C=O) groups is 1. The van der Waals surface area contributed by atoms with Crippen LogP contribution in [0.25, 0.3) is 0 Å². The molecule has 0 aliphatic carbocycles. The van der Waals surface area contributed by atoms with Crippen molar-refractivity contribution in [3.05, 3.63) is 70.0 Å². The summed E-state index contributed by atoms with van der Waals surface area (Å²) in [7, 11) is 0. The minimum Gasteiger partial charge on any atom is -0.477 e. The van der Waals surface area contributed by atoms with Crippen molar-refractivity contribution in [3.63, 3.8) is 0 Å². The van der Waals surface area contributed by atoms with E-state index in [0.29, 0.717) is 35.2 Å². The third-order valence-corrected chi connectivity index (χ3v) is 6.64. The van der Waals surface area contributed by atoms with E-state index < -0.39 is 11.6 Å². The van der Waals surface area contributed by atoms with Crippen LogP contribution in [0.5, 0.6) is 11.5 Å². The van der Waals surface area contributed by atoms with E-state index in [4.69, 9.17) is 21.1 Å².